The number of anilines is 2. The molecule has 2 aromatic rings. The molecular formula is C17H24N6O2. The third kappa shape index (κ3) is 4.26. The van der Waals surface area contributed by atoms with E-state index in [1.54, 1.807) is 12.4 Å². The smallest absolute Gasteiger partial charge is 0.234 e. The second-order valence-electron chi connectivity index (χ2n) is 6.56. The average molecular weight is 344 g/mol. The minimum absolute atomic E-state index is 0.203. The fourth-order valence-electron chi connectivity index (χ4n) is 3.28. The van der Waals surface area contributed by atoms with Crippen LogP contribution in [0.3, 0.4) is 0 Å². The summed E-state index contributed by atoms with van der Waals surface area (Å²) in [6, 6.07) is 2.02. The van der Waals surface area contributed by atoms with Gasteiger partial charge >= 0.3 is 0 Å². The number of ether oxygens (including phenoxy) is 2. The standard InChI is InChI=1S/C17H24N6O2/c1-2-12(11-24-7-1)14-8-15(23-22-14)20-16-9-19-10-17(21-16)25-13-3-5-18-6-4-13/h8-10,12-13,18H,1-7,11H2,(H2,20,21,22,23)/t12-/m1/s1. The number of piperidine rings is 1. The molecule has 134 valence electrons. The van der Waals surface area contributed by atoms with Gasteiger partial charge in [0.15, 0.2) is 11.6 Å². The molecule has 0 unspecified atom stereocenters. The Bertz CT molecular complexity index is 679. The summed E-state index contributed by atoms with van der Waals surface area (Å²) in [4.78, 5) is 8.71. The van der Waals surface area contributed by atoms with Crippen LogP contribution in [-0.4, -0.2) is 52.6 Å². The molecule has 2 saturated heterocycles. The molecule has 4 heterocycles. The first kappa shape index (κ1) is 16.3. The zero-order valence-electron chi connectivity index (χ0n) is 14.2. The van der Waals surface area contributed by atoms with Gasteiger partial charge in [0.25, 0.3) is 0 Å². The fourth-order valence-corrected chi connectivity index (χ4v) is 3.28. The van der Waals surface area contributed by atoms with Crippen molar-refractivity contribution in [3.8, 4) is 5.88 Å². The number of H-pyrrole nitrogens is 1. The maximum absolute atomic E-state index is 5.94. The van der Waals surface area contributed by atoms with Crippen molar-refractivity contribution in [1.29, 1.82) is 0 Å². The Hall–Kier alpha value is -2.19. The first-order chi connectivity index (χ1) is 12.4. The van der Waals surface area contributed by atoms with E-state index >= 15 is 0 Å². The summed E-state index contributed by atoms with van der Waals surface area (Å²) in [5.41, 5.74) is 1.09. The van der Waals surface area contributed by atoms with Crippen molar-refractivity contribution in [2.45, 2.75) is 37.7 Å². The molecule has 0 aromatic carbocycles. The summed E-state index contributed by atoms with van der Waals surface area (Å²) in [6.07, 6.45) is 7.73. The van der Waals surface area contributed by atoms with Crippen LogP contribution in [0, 0.1) is 0 Å². The lowest BCUT2D eigenvalue weighted by Crippen LogP contribution is -2.34. The van der Waals surface area contributed by atoms with Crippen LogP contribution in [0.4, 0.5) is 11.6 Å². The number of nitrogens with one attached hydrogen (secondary N) is 3. The molecule has 3 N–H and O–H groups in total. The van der Waals surface area contributed by atoms with Crippen LogP contribution >= 0.6 is 0 Å². The molecule has 25 heavy (non-hydrogen) atoms. The van der Waals surface area contributed by atoms with Crippen LogP contribution in [-0.2, 0) is 4.74 Å². The third-order valence-corrected chi connectivity index (χ3v) is 4.64. The Balaban J connectivity index is 1.38. The average Bonchev–Trinajstić information content (AvgIpc) is 3.12. The molecule has 2 aliphatic heterocycles. The first-order valence-corrected chi connectivity index (χ1v) is 8.96. The lowest BCUT2D eigenvalue weighted by molar-refractivity contribution is 0.0793. The van der Waals surface area contributed by atoms with Crippen molar-refractivity contribution in [2.75, 3.05) is 31.6 Å². The largest absolute Gasteiger partial charge is 0.473 e. The molecule has 8 heteroatoms. The lowest BCUT2D eigenvalue weighted by atomic mass is 9.99. The predicted octanol–water partition coefficient (Wildman–Crippen LogP) is 1.97. The van der Waals surface area contributed by atoms with Gasteiger partial charge in [0.05, 0.1) is 19.0 Å². The molecular weight excluding hydrogens is 320 g/mol. The van der Waals surface area contributed by atoms with Crippen LogP contribution < -0.4 is 15.4 Å². The minimum Gasteiger partial charge on any atom is -0.473 e. The van der Waals surface area contributed by atoms with E-state index in [0.717, 1.165) is 63.5 Å². The van der Waals surface area contributed by atoms with Crippen molar-refractivity contribution < 1.29 is 9.47 Å². The van der Waals surface area contributed by atoms with Gasteiger partial charge < -0.3 is 20.1 Å². The third-order valence-electron chi connectivity index (χ3n) is 4.64. The maximum atomic E-state index is 5.94. The van der Waals surface area contributed by atoms with Gasteiger partial charge in [-0.25, -0.2) is 0 Å². The number of aromatic nitrogens is 4. The van der Waals surface area contributed by atoms with E-state index in [0.29, 0.717) is 17.6 Å². The van der Waals surface area contributed by atoms with E-state index < -0.39 is 0 Å². The molecule has 2 aliphatic rings. The van der Waals surface area contributed by atoms with Crippen LogP contribution in [0.15, 0.2) is 18.5 Å². The molecule has 0 spiro atoms. The van der Waals surface area contributed by atoms with Gasteiger partial charge in [-0.05, 0) is 38.8 Å². The minimum atomic E-state index is 0.203. The molecule has 0 bridgehead atoms. The zero-order valence-corrected chi connectivity index (χ0v) is 14.2. The maximum Gasteiger partial charge on any atom is 0.234 e. The van der Waals surface area contributed by atoms with Gasteiger partial charge in [-0.1, -0.05) is 0 Å². The summed E-state index contributed by atoms with van der Waals surface area (Å²) >= 11 is 0. The molecule has 8 nitrogen and oxygen atoms in total. The van der Waals surface area contributed by atoms with Crippen molar-refractivity contribution in [1.82, 2.24) is 25.5 Å². The molecule has 2 fully saturated rings. The first-order valence-electron chi connectivity index (χ1n) is 8.96. The molecule has 2 aromatic heterocycles. The summed E-state index contributed by atoms with van der Waals surface area (Å²) in [5, 5.41) is 13.9. The Labute approximate surface area is 146 Å². The Morgan fingerprint density at radius 3 is 2.92 bits per heavy atom. The van der Waals surface area contributed by atoms with E-state index in [4.69, 9.17) is 9.47 Å². The number of hydrogen-bond donors (Lipinski definition) is 3. The van der Waals surface area contributed by atoms with E-state index in [2.05, 4.69) is 30.8 Å². The molecule has 0 aliphatic carbocycles. The number of rotatable bonds is 5. The molecule has 0 saturated carbocycles. The molecule has 1 atom stereocenters. The molecule has 0 amide bonds. The van der Waals surface area contributed by atoms with Gasteiger partial charge in [0.2, 0.25) is 5.88 Å². The Morgan fingerprint density at radius 2 is 2.08 bits per heavy atom. The topological polar surface area (TPSA) is 97.0 Å². The summed E-state index contributed by atoms with van der Waals surface area (Å²) < 4.78 is 11.5. The monoisotopic (exact) mass is 344 g/mol. The normalized spacial score (nSPS) is 21.8. The van der Waals surface area contributed by atoms with Gasteiger partial charge in [-0.3, -0.25) is 10.1 Å². The summed E-state index contributed by atoms with van der Waals surface area (Å²) in [6.45, 7) is 3.57. The second kappa shape index (κ2) is 7.79. The van der Waals surface area contributed by atoms with Crippen molar-refractivity contribution in [3.63, 3.8) is 0 Å². The van der Waals surface area contributed by atoms with Crippen molar-refractivity contribution >= 4 is 11.6 Å². The summed E-state index contributed by atoms with van der Waals surface area (Å²) in [5.74, 6) is 2.30. The van der Waals surface area contributed by atoms with Crippen molar-refractivity contribution in [2.24, 2.45) is 0 Å². The van der Waals surface area contributed by atoms with Gasteiger partial charge in [-0.2, -0.15) is 10.1 Å². The van der Waals surface area contributed by atoms with Gasteiger partial charge in [0, 0.05) is 24.3 Å². The van der Waals surface area contributed by atoms with Gasteiger partial charge in [0.1, 0.15) is 6.10 Å². The number of hydrogen-bond acceptors (Lipinski definition) is 7. The van der Waals surface area contributed by atoms with Gasteiger partial charge in [-0.15, -0.1) is 0 Å². The van der Waals surface area contributed by atoms with E-state index in [-0.39, 0.29) is 6.10 Å². The Kier molecular flexibility index (Phi) is 5.08. The molecule has 0 radical (unpaired) electrons. The van der Waals surface area contributed by atoms with E-state index in [1.165, 1.54) is 0 Å². The predicted molar refractivity (Wildman–Crippen MR) is 93.2 cm³/mol. The highest BCUT2D eigenvalue weighted by molar-refractivity contribution is 5.51. The number of aromatic amines is 1. The second-order valence-corrected chi connectivity index (χ2v) is 6.56. The lowest BCUT2D eigenvalue weighted by Gasteiger charge is -2.23. The van der Waals surface area contributed by atoms with E-state index in [9.17, 15) is 0 Å². The highest BCUT2D eigenvalue weighted by Crippen LogP contribution is 2.26. The van der Waals surface area contributed by atoms with E-state index in [1.807, 2.05) is 6.07 Å². The van der Waals surface area contributed by atoms with Crippen LogP contribution in [0.25, 0.3) is 0 Å². The van der Waals surface area contributed by atoms with Crippen LogP contribution in [0.1, 0.15) is 37.3 Å². The summed E-state index contributed by atoms with van der Waals surface area (Å²) in [7, 11) is 0. The highest BCUT2D eigenvalue weighted by Gasteiger charge is 2.19. The number of nitrogens with zero attached hydrogens (tertiary/aromatic N) is 3. The van der Waals surface area contributed by atoms with Crippen LogP contribution in [0.5, 0.6) is 5.88 Å². The highest BCUT2D eigenvalue weighted by atomic mass is 16.5. The quantitative estimate of drug-likeness (QED) is 0.763. The van der Waals surface area contributed by atoms with Crippen LogP contribution in [0.2, 0.25) is 0 Å². The van der Waals surface area contributed by atoms with Crippen molar-refractivity contribution in [3.05, 3.63) is 24.2 Å². The SMILES string of the molecule is c1ncc(OC2CCNCC2)nc1Nc1cc([C@@H]2CCCOC2)[nH]n1. The molecule has 4 rings (SSSR count). The Morgan fingerprint density at radius 1 is 1.16 bits per heavy atom. The fraction of sp³-hybridized carbons (Fsp3) is 0.588. The zero-order chi connectivity index (χ0) is 16.9.